The molecular formula is C20H22N2O7. The van der Waals surface area contributed by atoms with Gasteiger partial charge in [0.2, 0.25) is 0 Å². The number of benzene rings is 1. The second-order valence-corrected chi connectivity index (χ2v) is 6.58. The molecular weight excluding hydrogens is 380 g/mol. The lowest BCUT2D eigenvalue weighted by Gasteiger charge is -2.12. The Balaban J connectivity index is 1.47. The van der Waals surface area contributed by atoms with Crippen LogP contribution < -0.4 is 14.8 Å². The van der Waals surface area contributed by atoms with E-state index in [0.29, 0.717) is 36.0 Å². The van der Waals surface area contributed by atoms with Crippen LogP contribution in [0.1, 0.15) is 42.3 Å². The lowest BCUT2D eigenvalue weighted by molar-refractivity contribution is -0.153. The van der Waals surface area contributed by atoms with Crippen LogP contribution in [0.2, 0.25) is 0 Å². The first-order valence-electron chi connectivity index (χ1n) is 9.29. The highest BCUT2D eigenvalue weighted by atomic mass is 16.5. The van der Waals surface area contributed by atoms with E-state index in [4.69, 9.17) is 18.7 Å². The number of carbonyl (C=O) groups excluding carboxylic acids is 3. The van der Waals surface area contributed by atoms with E-state index in [1.165, 1.54) is 6.92 Å². The van der Waals surface area contributed by atoms with Crippen LogP contribution in [0.25, 0.3) is 0 Å². The van der Waals surface area contributed by atoms with Crippen molar-refractivity contribution in [1.82, 2.24) is 5.16 Å². The molecule has 0 radical (unpaired) electrons. The highest BCUT2D eigenvalue weighted by Gasteiger charge is 2.20. The van der Waals surface area contributed by atoms with Gasteiger partial charge in [-0.15, -0.1) is 0 Å². The summed E-state index contributed by atoms with van der Waals surface area (Å²) < 4.78 is 21.0. The first-order chi connectivity index (χ1) is 13.9. The second-order valence-electron chi connectivity index (χ2n) is 6.58. The third kappa shape index (κ3) is 5.56. The Morgan fingerprint density at radius 1 is 1.14 bits per heavy atom. The van der Waals surface area contributed by atoms with Crippen molar-refractivity contribution in [3.63, 3.8) is 0 Å². The van der Waals surface area contributed by atoms with Gasteiger partial charge in [0.1, 0.15) is 5.76 Å². The number of ketones is 1. The van der Waals surface area contributed by atoms with E-state index in [1.807, 2.05) is 0 Å². The molecule has 1 aromatic heterocycles. The molecule has 154 valence electrons. The molecule has 0 saturated carbocycles. The number of esters is 1. The van der Waals surface area contributed by atoms with Gasteiger partial charge in [0.25, 0.3) is 5.91 Å². The van der Waals surface area contributed by atoms with E-state index in [0.717, 1.165) is 6.42 Å². The summed E-state index contributed by atoms with van der Waals surface area (Å²) in [6.45, 7) is 4.21. The lowest BCUT2D eigenvalue weighted by atomic mass is 10.1. The van der Waals surface area contributed by atoms with Gasteiger partial charge in [-0.05, 0) is 32.0 Å². The maximum atomic E-state index is 12.4. The normalized spacial score (nSPS) is 13.9. The number of amides is 1. The number of hydrogen-bond donors (Lipinski definition) is 1. The van der Waals surface area contributed by atoms with Gasteiger partial charge >= 0.3 is 5.97 Å². The van der Waals surface area contributed by atoms with Gasteiger partial charge < -0.3 is 24.1 Å². The van der Waals surface area contributed by atoms with Crippen molar-refractivity contribution in [3.8, 4) is 11.5 Å². The maximum absolute atomic E-state index is 12.4. The molecule has 9 heteroatoms. The highest BCUT2D eigenvalue weighted by molar-refractivity contribution is 5.98. The Hall–Kier alpha value is -3.36. The number of ether oxygens (including phenoxy) is 3. The summed E-state index contributed by atoms with van der Waals surface area (Å²) in [5.41, 5.74) is 0.425. The second kappa shape index (κ2) is 9.22. The number of Topliss-reactive ketones (excluding diaryl/α,β-unsaturated/α-hetero) is 1. The Kier molecular flexibility index (Phi) is 6.48. The zero-order valence-electron chi connectivity index (χ0n) is 16.2. The minimum atomic E-state index is -1.03. The number of fused-ring (bicyclic) bond motifs is 1. The summed E-state index contributed by atoms with van der Waals surface area (Å²) in [6.07, 6.45) is -0.456. The molecule has 2 heterocycles. The monoisotopic (exact) mass is 402 g/mol. The quantitative estimate of drug-likeness (QED) is 0.555. The van der Waals surface area contributed by atoms with Crippen LogP contribution in [0, 0.1) is 6.92 Å². The average Bonchev–Trinajstić information content (AvgIpc) is 2.96. The third-order valence-corrected chi connectivity index (χ3v) is 4.18. The predicted molar refractivity (Wildman–Crippen MR) is 101 cm³/mol. The number of aromatic nitrogens is 1. The zero-order chi connectivity index (χ0) is 20.8. The van der Waals surface area contributed by atoms with Crippen molar-refractivity contribution in [2.75, 3.05) is 18.5 Å². The van der Waals surface area contributed by atoms with Crippen molar-refractivity contribution >= 4 is 23.5 Å². The Bertz CT molecular complexity index is 906. The molecule has 0 spiro atoms. The molecule has 1 N–H and O–H groups in total. The summed E-state index contributed by atoms with van der Waals surface area (Å²) >= 11 is 0. The highest BCUT2D eigenvalue weighted by Crippen LogP contribution is 2.30. The molecule has 0 saturated heterocycles. The molecule has 3 rings (SSSR count). The standard InChI is InChI=1S/C20H22N2O7/c1-12-10-18(22-29-12)21-20(25)13(2)28-19(24)7-5-15(23)14-4-6-16-17(11-14)27-9-3-8-26-16/h4,6,10-11,13H,3,5,7-9H2,1-2H3,(H,21,22,25)/t13-/m0/s1. The molecule has 1 aromatic carbocycles. The van der Waals surface area contributed by atoms with Crippen LogP contribution in [0.5, 0.6) is 11.5 Å². The summed E-state index contributed by atoms with van der Waals surface area (Å²) in [4.78, 5) is 36.4. The zero-order valence-corrected chi connectivity index (χ0v) is 16.2. The maximum Gasteiger partial charge on any atom is 0.307 e. The Morgan fingerprint density at radius 2 is 1.90 bits per heavy atom. The summed E-state index contributed by atoms with van der Waals surface area (Å²) in [5.74, 6) is 0.475. The van der Waals surface area contributed by atoms with Gasteiger partial charge in [-0.25, -0.2) is 0 Å². The fourth-order valence-electron chi connectivity index (χ4n) is 2.66. The van der Waals surface area contributed by atoms with E-state index in [2.05, 4.69) is 10.5 Å². The molecule has 29 heavy (non-hydrogen) atoms. The van der Waals surface area contributed by atoms with Crippen LogP contribution in [0.15, 0.2) is 28.8 Å². The van der Waals surface area contributed by atoms with E-state index in [-0.39, 0.29) is 24.4 Å². The van der Waals surface area contributed by atoms with Crippen molar-refractivity contribution in [3.05, 3.63) is 35.6 Å². The molecule has 2 aromatic rings. The van der Waals surface area contributed by atoms with Crippen molar-refractivity contribution in [1.29, 1.82) is 0 Å². The first kappa shape index (κ1) is 20.4. The van der Waals surface area contributed by atoms with Crippen molar-refractivity contribution in [2.24, 2.45) is 0 Å². The lowest BCUT2D eigenvalue weighted by Crippen LogP contribution is -2.30. The molecule has 1 aliphatic heterocycles. The fourth-order valence-corrected chi connectivity index (χ4v) is 2.66. The number of rotatable bonds is 7. The van der Waals surface area contributed by atoms with Crippen molar-refractivity contribution in [2.45, 2.75) is 39.2 Å². The Morgan fingerprint density at radius 3 is 2.62 bits per heavy atom. The largest absolute Gasteiger partial charge is 0.490 e. The van der Waals surface area contributed by atoms with E-state index >= 15 is 0 Å². The van der Waals surface area contributed by atoms with E-state index in [1.54, 1.807) is 31.2 Å². The number of aryl methyl sites for hydroxylation is 1. The van der Waals surface area contributed by atoms with Crippen LogP contribution >= 0.6 is 0 Å². The van der Waals surface area contributed by atoms with Gasteiger partial charge in [-0.2, -0.15) is 0 Å². The molecule has 0 unspecified atom stereocenters. The van der Waals surface area contributed by atoms with E-state index < -0.39 is 18.0 Å². The van der Waals surface area contributed by atoms with Crippen molar-refractivity contribution < 1.29 is 33.1 Å². The number of hydrogen-bond acceptors (Lipinski definition) is 8. The minimum absolute atomic E-state index is 0.0463. The van der Waals surface area contributed by atoms with Gasteiger partial charge in [0.15, 0.2) is 29.2 Å². The predicted octanol–water partition coefficient (Wildman–Crippen LogP) is 2.68. The summed E-state index contributed by atoms with van der Waals surface area (Å²) in [5, 5.41) is 6.11. The topological polar surface area (TPSA) is 117 Å². The molecule has 1 atom stereocenters. The SMILES string of the molecule is Cc1cc(NC(=O)[C@H](C)OC(=O)CCC(=O)c2ccc3c(c2)OCCCO3)no1. The molecule has 1 aliphatic rings. The molecule has 0 bridgehead atoms. The van der Waals surface area contributed by atoms with Crippen LogP contribution in [0.3, 0.4) is 0 Å². The number of nitrogens with one attached hydrogen (secondary N) is 1. The van der Waals surface area contributed by atoms with Crippen LogP contribution in [-0.2, 0) is 14.3 Å². The van der Waals surface area contributed by atoms with Crippen LogP contribution in [0.4, 0.5) is 5.82 Å². The Labute approximate surface area is 167 Å². The number of carbonyl (C=O) groups is 3. The smallest absolute Gasteiger partial charge is 0.307 e. The summed E-state index contributed by atoms with van der Waals surface area (Å²) in [6, 6.07) is 6.48. The molecule has 1 amide bonds. The van der Waals surface area contributed by atoms with Gasteiger partial charge in [0, 0.05) is 24.5 Å². The van der Waals surface area contributed by atoms with E-state index in [9.17, 15) is 14.4 Å². The first-order valence-corrected chi connectivity index (χ1v) is 9.29. The molecule has 0 aliphatic carbocycles. The van der Waals surface area contributed by atoms with Gasteiger partial charge in [-0.3, -0.25) is 14.4 Å². The third-order valence-electron chi connectivity index (χ3n) is 4.18. The molecule has 9 nitrogen and oxygen atoms in total. The number of anilines is 1. The average molecular weight is 402 g/mol. The van der Waals surface area contributed by atoms with Gasteiger partial charge in [-0.1, -0.05) is 5.16 Å². The number of nitrogens with zero attached hydrogens (tertiary/aromatic N) is 1. The fraction of sp³-hybridized carbons (Fsp3) is 0.400. The summed E-state index contributed by atoms with van der Waals surface area (Å²) in [7, 11) is 0. The van der Waals surface area contributed by atoms with Crippen LogP contribution in [-0.4, -0.2) is 42.1 Å². The minimum Gasteiger partial charge on any atom is -0.490 e. The van der Waals surface area contributed by atoms with Gasteiger partial charge in [0.05, 0.1) is 19.6 Å². The molecule has 0 fully saturated rings.